The van der Waals surface area contributed by atoms with Gasteiger partial charge in [-0.15, -0.1) is 22.7 Å². The van der Waals surface area contributed by atoms with Gasteiger partial charge in [-0.2, -0.15) is 0 Å². The van der Waals surface area contributed by atoms with Crippen LogP contribution in [0.4, 0.5) is 0 Å². The topological polar surface area (TPSA) is 38.9 Å². The number of hydrogen-bond acceptors (Lipinski definition) is 4. The lowest BCUT2D eigenvalue weighted by molar-refractivity contribution is 0.519. The molecule has 0 aromatic carbocycles. The van der Waals surface area contributed by atoms with Gasteiger partial charge in [0, 0.05) is 16.8 Å². The van der Waals surface area contributed by atoms with E-state index in [1.807, 2.05) is 0 Å². The van der Waals surface area contributed by atoms with Crippen molar-refractivity contribution in [1.29, 1.82) is 0 Å². The molecule has 0 amide bonds. The molecule has 0 aliphatic rings. The minimum Gasteiger partial charge on any atom is -0.325 e. The van der Waals surface area contributed by atoms with Crippen LogP contribution in [0.25, 0.3) is 9.88 Å². The average Bonchev–Trinajstić information content (AvgIpc) is 2.72. The van der Waals surface area contributed by atoms with E-state index in [1.54, 1.807) is 22.7 Å². The standard InChI is InChI=1S/C13H18N2S2/c1-8-5-6-16-11(8)12-15-9(2)10(17-12)7-13(3,4)14/h5-6H,7,14H2,1-4H3. The molecule has 0 atom stereocenters. The highest BCUT2D eigenvalue weighted by Crippen LogP contribution is 2.34. The van der Waals surface area contributed by atoms with Crippen LogP contribution in [0.5, 0.6) is 0 Å². The lowest BCUT2D eigenvalue weighted by Gasteiger charge is -2.16. The van der Waals surface area contributed by atoms with Crippen molar-refractivity contribution in [3.05, 3.63) is 27.6 Å². The molecule has 2 nitrogen and oxygen atoms in total. The van der Waals surface area contributed by atoms with E-state index in [1.165, 1.54) is 15.3 Å². The van der Waals surface area contributed by atoms with Gasteiger partial charge < -0.3 is 5.73 Å². The molecule has 4 heteroatoms. The Labute approximate surface area is 111 Å². The van der Waals surface area contributed by atoms with Gasteiger partial charge in [0.15, 0.2) is 0 Å². The Morgan fingerprint density at radius 1 is 1.35 bits per heavy atom. The number of aromatic nitrogens is 1. The van der Waals surface area contributed by atoms with Gasteiger partial charge in [-0.05, 0) is 44.7 Å². The fraction of sp³-hybridized carbons (Fsp3) is 0.462. The molecule has 0 saturated carbocycles. The number of rotatable bonds is 3. The molecule has 0 aliphatic carbocycles. The van der Waals surface area contributed by atoms with Crippen molar-refractivity contribution in [2.45, 2.75) is 39.7 Å². The lowest BCUT2D eigenvalue weighted by Crippen LogP contribution is -2.34. The summed E-state index contributed by atoms with van der Waals surface area (Å²) in [7, 11) is 0. The quantitative estimate of drug-likeness (QED) is 0.918. The first-order valence-corrected chi connectivity index (χ1v) is 7.36. The second-order valence-electron chi connectivity index (χ2n) is 5.13. The molecule has 17 heavy (non-hydrogen) atoms. The summed E-state index contributed by atoms with van der Waals surface area (Å²) < 4.78 is 0. The summed E-state index contributed by atoms with van der Waals surface area (Å²) in [6.45, 7) is 8.32. The molecule has 2 rings (SSSR count). The van der Waals surface area contributed by atoms with Gasteiger partial charge in [0.1, 0.15) is 5.01 Å². The SMILES string of the molecule is Cc1ccsc1-c1nc(C)c(CC(C)(C)N)s1. The van der Waals surface area contributed by atoms with Crippen molar-refractivity contribution >= 4 is 22.7 Å². The Balaban J connectivity index is 2.34. The molecule has 0 radical (unpaired) electrons. The zero-order valence-corrected chi connectivity index (χ0v) is 12.3. The van der Waals surface area contributed by atoms with E-state index in [0.717, 1.165) is 17.1 Å². The smallest absolute Gasteiger partial charge is 0.134 e. The predicted molar refractivity (Wildman–Crippen MR) is 76.9 cm³/mol. The molecule has 2 N–H and O–H groups in total. The van der Waals surface area contributed by atoms with E-state index in [0.29, 0.717) is 0 Å². The van der Waals surface area contributed by atoms with Crippen molar-refractivity contribution < 1.29 is 0 Å². The van der Waals surface area contributed by atoms with Crippen LogP contribution in [0.3, 0.4) is 0 Å². The molecule has 2 heterocycles. The maximum atomic E-state index is 6.08. The fourth-order valence-corrected chi connectivity index (χ4v) is 4.08. The average molecular weight is 266 g/mol. The third kappa shape index (κ3) is 2.94. The summed E-state index contributed by atoms with van der Waals surface area (Å²) in [5.74, 6) is 0. The molecule has 2 aromatic heterocycles. The first-order chi connectivity index (χ1) is 7.87. The van der Waals surface area contributed by atoms with E-state index < -0.39 is 0 Å². The number of thiazole rings is 1. The number of hydrogen-bond donors (Lipinski definition) is 1. The largest absolute Gasteiger partial charge is 0.325 e. The Bertz CT molecular complexity index is 518. The maximum Gasteiger partial charge on any atom is 0.134 e. The number of nitrogens with zero attached hydrogens (tertiary/aromatic N) is 1. The summed E-state index contributed by atoms with van der Waals surface area (Å²) in [4.78, 5) is 7.27. The molecule has 0 fully saturated rings. The first-order valence-electron chi connectivity index (χ1n) is 5.66. The molecule has 0 saturated heterocycles. The monoisotopic (exact) mass is 266 g/mol. The Hall–Kier alpha value is -0.710. The van der Waals surface area contributed by atoms with Crippen molar-refractivity contribution in [3.63, 3.8) is 0 Å². The van der Waals surface area contributed by atoms with Gasteiger partial charge in [0.05, 0.1) is 10.6 Å². The third-order valence-corrected chi connectivity index (χ3v) is 4.89. The number of thiophene rings is 1. The van der Waals surface area contributed by atoms with Crippen LogP contribution < -0.4 is 5.73 Å². The number of aryl methyl sites for hydroxylation is 2. The zero-order chi connectivity index (χ0) is 12.6. The van der Waals surface area contributed by atoms with Gasteiger partial charge >= 0.3 is 0 Å². The van der Waals surface area contributed by atoms with E-state index in [9.17, 15) is 0 Å². The minimum atomic E-state index is -0.168. The molecule has 92 valence electrons. The van der Waals surface area contributed by atoms with Crippen LogP contribution in [0.15, 0.2) is 11.4 Å². The third-order valence-electron chi connectivity index (χ3n) is 2.57. The summed E-state index contributed by atoms with van der Waals surface area (Å²) in [6, 6.07) is 2.14. The highest BCUT2D eigenvalue weighted by Gasteiger charge is 2.18. The van der Waals surface area contributed by atoms with Crippen LogP contribution in [0.1, 0.15) is 30.0 Å². The normalized spacial score (nSPS) is 12.1. The van der Waals surface area contributed by atoms with Gasteiger partial charge in [0.25, 0.3) is 0 Å². The van der Waals surface area contributed by atoms with Crippen molar-refractivity contribution in [2.24, 2.45) is 5.73 Å². The van der Waals surface area contributed by atoms with Crippen LogP contribution in [0.2, 0.25) is 0 Å². The summed E-state index contributed by atoms with van der Waals surface area (Å²) in [5.41, 5.74) is 8.34. The molecular formula is C13H18N2S2. The molecule has 0 unspecified atom stereocenters. The Kier molecular flexibility index (Phi) is 3.39. The Morgan fingerprint density at radius 2 is 2.06 bits per heavy atom. The van der Waals surface area contributed by atoms with Crippen LogP contribution in [-0.4, -0.2) is 10.5 Å². The lowest BCUT2D eigenvalue weighted by atomic mass is 10.0. The summed E-state index contributed by atoms with van der Waals surface area (Å²) in [5, 5.41) is 3.25. The van der Waals surface area contributed by atoms with E-state index in [-0.39, 0.29) is 5.54 Å². The Morgan fingerprint density at radius 3 is 2.59 bits per heavy atom. The minimum absolute atomic E-state index is 0.168. The highest BCUT2D eigenvalue weighted by atomic mass is 32.1. The molecule has 2 aromatic rings. The second-order valence-corrected chi connectivity index (χ2v) is 7.13. The molecule has 0 aliphatic heterocycles. The first kappa shape index (κ1) is 12.7. The molecule has 0 bridgehead atoms. The van der Waals surface area contributed by atoms with Gasteiger partial charge in [0.2, 0.25) is 0 Å². The van der Waals surface area contributed by atoms with Gasteiger partial charge in [-0.3, -0.25) is 0 Å². The number of nitrogens with two attached hydrogens (primary N) is 1. The predicted octanol–water partition coefficient (Wildman–Crippen LogP) is 3.77. The van der Waals surface area contributed by atoms with E-state index >= 15 is 0 Å². The van der Waals surface area contributed by atoms with Gasteiger partial charge in [-0.25, -0.2) is 4.98 Å². The van der Waals surface area contributed by atoms with Crippen molar-refractivity contribution in [2.75, 3.05) is 0 Å². The summed E-state index contributed by atoms with van der Waals surface area (Å²) in [6.07, 6.45) is 0.890. The second kappa shape index (κ2) is 4.52. The summed E-state index contributed by atoms with van der Waals surface area (Å²) >= 11 is 3.54. The highest BCUT2D eigenvalue weighted by molar-refractivity contribution is 7.21. The van der Waals surface area contributed by atoms with Crippen molar-refractivity contribution in [1.82, 2.24) is 4.98 Å². The molecule has 0 spiro atoms. The maximum absolute atomic E-state index is 6.08. The van der Waals surface area contributed by atoms with Crippen LogP contribution in [-0.2, 0) is 6.42 Å². The molecular weight excluding hydrogens is 248 g/mol. The van der Waals surface area contributed by atoms with E-state index in [4.69, 9.17) is 5.73 Å². The zero-order valence-electron chi connectivity index (χ0n) is 10.7. The van der Waals surface area contributed by atoms with Crippen LogP contribution in [0, 0.1) is 13.8 Å². The fourth-order valence-electron chi connectivity index (χ4n) is 1.69. The van der Waals surface area contributed by atoms with Crippen molar-refractivity contribution in [3.8, 4) is 9.88 Å². The van der Waals surface area contributed by atoms with Gasteiger partial charge in [-0.1, -0.05) is 0 Å². The van der Waals surface area contributed by atoms with Crippen LogP contribution >= 0.6 is 22.7 Å². The van der Waals surface area contributed by atoms with E-state index in [2.05, 4.69) is 44.1 Å².